The summed E-state index contributed by atoms with van der Waals surface area (Å²) >= 11 is 1.54. The third-order valence-electron chi connectivity index (χ3n) is 5.01. The molecule has 4 rings (SSSR count). The van der Waals surface area contributed by atoms with Crippen molar-refractivity contribution in [2.75, 3.05) is 16.9 Å². The molecule has 2 aromatic carbocycles. The van der Waals surface area contributed by atoms with Gasteiger partial charge in [0.2, 0.25) is 11.7 Å². The van der Waals surface area contributed by atoms with Gasteiger partial charge < -0.3 is 14.7 Å². The van der Waals surface area contributed by atoms with E-state index in [9.17, 15) is 9.59 Å². The highest BCUT2D eigenvalue weighted by Gasteiger charge is 2.36. The number of nitrogens with one attached hydrogen (secondary N) is 1. The number of carbonyl (C=O) groups excluding carboxylic acids is 2. The van der Waals surface area contributed by atoms with Crippen molar-refractivity contribution in [1.29, 1.82) is 0 Å². The second-order valence-corrected chi connectivity index (χ2v) is 8.02. The molecule has 6 nitrogen and oxygen atoms in total. The molecule has 0 bridgehead atoms. The molecule has 3 aromatic rings. The Hall–Kier alpha value is -3.06. The second-order valence-electron chi connectivity index (χ2n) is 7.02. The summed E-state index contributed by atoms with van der Waals surface area (Å²) in [5.74, 6) is 0.586. The topological polar surface area (TPSA) is 75.4 Å². The fourth-order valence-electron chi connectivity index (χ4n) is 3.17. The number of rotatable bonds is 4. The summed E-state index contributed by atoms with van der Waals surface area (Å²) in [4.78, 5) is 27.3. The number of carbonyl (C=O) groups is 2. The van der Waals surface area contributed by atoms with Gasteiger partial charge >= 0.3 is 0 Å². The van der Waals surface area contributed by atoms with E-state index in [2.05, 4.69) is 10.5 Å². The maximum Gasteiger partial charge on any atom is 0.293 e. The first-order chi connectivity index (χ1) is 14.0. The minimum atomic E-state index is -0.556. The highest BCUT2D eigenvalue weighted by Crippen LogP contribution is 2.26. The van der Waals surface area contributed by atoms with Crippen molar-refractivity contribution in [3.8, 4) is 11.3 Å². The Morgan fingerprint density at radius 1 is 1.10 bits per heavy atom. The zero-order valence-corrected chi connectivity index (χ0v) is 17.0. The summed E-state index contributed by atoms with van der Waals surface area (Å²) in [7, 11) is 0. The number of anilines is 1. The number of thioether (sulfide) groups is 1. The fourth-order valence-corrected chi connectivity index (χ4v) is 4.32. The summed E-state index contributed by atoms with van der Waals surface area (Å²) < 4.78 is 5.29. The normalized spacial score (nSPS) is 16.1. The molecule has 1 unspecified atom stereocenters. The van der Waals surface area contributed by atoms with Crippen LogP contribution in [-0.4, -0.2) is 39.5 Å². The van der Waals surface area contributed by atoms with E-state index in [-0.39, 0.29) is 17.6 Å². The molecule has 29 heavy (non-hydrogen) atoms. The Kier molecular flexibility index (Phi) is 5.40. The molecule has 1 N–H and O–H groups in total. The predicted molar refractivity (Wildman–Crippen MR) is 114 cm³/mol. The highest BCUT2D eigenvalue weighted by atomic mass is 32.2. The average Bonchev–Trinajstić information content (AvgIpc) is 3.41. The van der Waals surface area contributed by atoms with Gasteiger partial charge in [0.1, 0.15) is 11.7 Å². The quantitative estimate of drug-likeness (QED) is 0.704. The first-order valence-corrected chi connectivity index (χ1v) is 10.5. The van der Waals surface area contributed by atoms with Gasteiger partial charge in [-0.15, -0.1) is 11.8 Å². The minimum absolute atomic E-state index is 0.135. The van der Waals surface area contributed by atoms with E-state index < -0.39 is 6.04 Å². The molecule has 0 saturated carbocycles. The third-order valence-corrected chi connectivity index (χ3v) is 6.02. The summed E-state index contributed by atoms with van der Waals surface area (Å²) in [5.41, 5.74) is 4.46. The largest absolute Gasteiger partial charge is 0.350 e. The van der Waals surface area contributed by atoms with Crippen molar-refractivity contribution in [2.24, 2.45) is 0 Å². The number of benzene rings is 2. The lowest BCUT2D eigenvalue weighted by Gasteiger charge is -2.22. The van der Waals surface area contributed by atoms with Gasteiger partial charge in [0, 0.05) is 23.1 Å². The number of amides is 2. The lowest BCUT2D eigenvalue weighted by Crippen LogP contribution is -2.44. The predicted octanol–water partition coefficient (Wildman–Crippen LogP) is 4.11. The maximum atomic E-state index is 13.0. The zero-order chi connectivity index (χ0) is 20.4. The maximum absolute atomic E-state index is 13.0. The van der Waals surface area contributed by atoms with Crippen LogP contribution in [0, 0.1) is 13.8 Å². The molecule has 1 atom stereocenters. The van der Waals surface area contributed by atoms with Gasteiger partial charge in [0.05, 0.1) is 5.88 Å². The van der Waals surface area contributed by atoms with Gasteiger partial charge in [-0.1, -0.05) is 41.6 Å². The van der Waals surface area contributed by atoms with E-state index in [4.69, 9.17) is 4.52 Å². The molecule has 148 valence electrons. The van der Waals surface area contributed by atoms with Gasteiger partial charge in [-0.05, 0) is 37.1 Å². The molecule has 2 amide bonds. The molecule has 1 saturated heterocycles. The lowest BCUT2D eigenvalue weighted by atomic mass is 10.1. The third kappa shape index (κ3) is 4.05. The van der Waals surface area contributed by atoms with Gasteiger partial charge in [-0.2, -0.15) is 0 Å². The van der Waals surface area contributed by atoms with E-state index in [1.807, 2.05) is 62.4 Å². The van der Waals surface area contributed by atoms with Crippen LogP contribution >= 0.6 is 11.8 Å². The van der Waals surface area contributed by atoms with Crippen LogP contribution in [0.15, 0.2) is 59.1 Å². The zero-order valence-electron chi connectivity index (χ0n) is 16.2. The first kappa shape index (κ1) is 19.3. The molecular formula is C22H21N3O3S. The average molecular weight is 407 g/mol. The Morgan fingerprint density at radius 2 is 1.90 bits per heavy atom. The van der Waals surface area contributed by atoms with E-state index >= 15 is 0 Å². The van der Waals surface area contributed by atoms with Gasteiger partial charge in [0.15, 0.2) is 0 Å². The van der Waals surface area contributed by atoms with Crippen LogP contribution in [0.5, 0.6) is 0 Å². The summed E-state index contributed by atoms with van der Waals surface area (Å²) in [6, 6.07) is 16.4. The van der Waals surface area contributed by atoms with E-state index in [0.29, 0.717) is 17.3 Å². The lowest BCUT2D eigenvalue weighted by molar-refractivity contribution is -0.119. The summed E-state index contributed by atoms with van der Waals surface area (Å²) in [5, 5.41) is 6.93. The van der Waals surface area contributed by atoms with Crippen molar-refractivity contribution >= 4 is 29.3 Å². The molecule has 1 fully saturated rings. The Balaban J connectivity index is 1.49. The van der Waals surface area contributed by atoms with Gasteiger partial charge in [-0.3, -0.25) is 9.59 Å². The molecule has 0 spiro atoms. The van der Waals surface area contributed by atoms with Crippen LogP contribution in [0.25, 0.3) is 11.3 Å². The Labute approximate surface area is 173 Å². The SMILES string of the molecule is Cc1ccc(NC(=O)C2CSCN2C(=O)c2cc(-c3ccccc3)no2)cc1C. The van der Waals surface area contributed by atoms with Crippen molar-refractivity contribution in [1.82, 2.24) is 10.1 Å². The molecule has 1 aliphatic rings. The van der Waals surface area contributed by atoms with E-state index in [1.54, 1.807) is 17.8 Å². The van der Waals surface area contributed by atoms with Crippen molar-refractivity contribution in [3.63, 3.8) is 0 Å². The summed E-state index contributed by atoms with van der Waals surface area (Å²) in [6.07, 6.45) is 0. The Morgan fingerprint density at radius 3 is 2.66 bits per heavy atom. The minimum Gasteiger partial charge on any atom is -0.350 e. The van der Waals surface area contributed by atoms with Gasteiger partial charge in [0.25, 0.3) is 5.91 Å². The van der Waals surface area contributed by atoms with E-state index in [0.717, 1.165) is 22.4 Å². The molecule has 1 aliphatic heterocycles. The fraction of sp³-hybridized carbons (Fsp3) is 0.227. The molecule has 7 heteroatoms. The van der Waals surface area contributed by atoms with Crippen molar-refractivity contribution in [3.05, 3.63) is 71.5 Å². The highest BCUT2D eigenvalue weighted by molar-refractivity contribution is 7.99. The molecule has 2 heterocycles. The van der Waals surface area contributed by atoms with Crippen LogP contribution in [0.4, 0.5) is 5.69 Å². The summed E-state index contributed by atoms with van der Waals surface area (Å²) in [6.45, 7) is 4.02. The van der Waals surface area contributed by atoms with Gasteiger partial charge in [-0.25, -0.2) is 0 Å². The molecule has 0 radical (unpaired) electrons. The molecular weight excluding hydrogens is 386 g/mol. The van der Waals surface area contributed by atoms with Crippen LogP contribution in [0.1, 0.15) is 21.7 Å². The number of hydrogen-bond donors (Lipinski definition) is 1. The monoisotopic (exact) mass is 407 g/mol. The van der Waals surface area contributed by atoms with Crippen LogP contribution in [0.3, 0.4) is 0 Å². The standard InChI is InChI=1S/C22H21N3O3S/c1-14-8-9-17(10-15(14)2)23-21(26)19-12-29-13-25(19)22(27)20-11-18(24-28-20)16-6-4-3-5-7-16/h3-11,19H,12-13H2,1-2H3,(H,23,26). The Bertz CT molecular complexity index is 1050. The van der Waals surface area contributed by atoms with E-state index in [1.165, 1.54) is 4.90 Å². The van der Waals surface area contributed by atoms with Crippen molar-refractivity contribution in [2.45, 2.75) is 19.9 Å². The van der Waals surface area contributed by atoms with Crippen LogP contribution < -0.4 is 5.32 Å². The smallest absolute Gasteiger partial charge is 0.293 e. The number of nitrogens with zero attached hydrogens (tertiary/aromatic N) is 2. The number of hydrogen-bond acceptors (Lipinski definition) is 5. The number of aromatic nitrogens is 1. The number of aryl methyl sites for hydroxylation is 2. The second kappa shape index (κ2) is 8.13. The molecule has 0 aliphatic carbocycles. The van der Waals surface area contributed by atoms with Crippen LogP contribution in [-0.2, 0) is 4.79 Å². The molecule has 1 aromatic heterocycles. The van der Waals surface area contributed by atoms with Crippen LogP contribution in [0.2, 0.25) is 0 Å². The first-order valence-electron chi connectivity index (χ1n) is 9.32. The van der Waals surface area contributed by atoms with Crippen molar-refractivity contribution < 1.29 is 14.1 Å².